The number of hydrogen-bond acceptors (Lipinski definition) is 6. The Morgan fingerprint density at radius 1 is 1.14 bits per heavy atom. The number of pyridine rings is 1. The van der Waals surface area contributed by atoms with E-state index in [-0.39, 0.29) is 23.7 Å². The Balaban J connectivity index is 1.67. The molecule has 2 aromatic carbocycles. The van der Waals surface area contributed by atoms with Gasteiger partial charge in [-0.05, 0) is 86.6 Å². The summed E-state index contributed by atoms with van der Waals surface area (Å²) in [4.78, 5) is 30.0. The van der Waals surface area contributed by atoms with Crippen molar-refractivity contribution in [1.29, 1.82) is 0 Å². The monoisotopic (exact) mass is 584 g/mol. The van der Waals surface area contributed by atoms with Crippen molar-refractivity contribution in [1.82, 2.24) is 14.9 Å². The first-order valence-corrected chi connectivity index (χ1v) is 14.0. The van der Waals surface area contributed by atoms with E-state index in [2.05, 4.69) is 26.6 Å². The van der Waals surface area contributed by atoms with Crippen LogP contribution in [0.25, 0.3) is 5.69 Å². The Labute approximate surface area is 249 Å². The van der Waals surface area contributed by atoms with E-state index in [0.29, 0.717) is 23.0 Å². The molecule has 1 aliphatic heterocycles. The van der Waals surface area contributed by atoms with Crippen LogP contribution >= 0.6 is 12.2 Å². The lowest BCUT2D eigenvalue weighted by Gasteiger charge is -2.29. The van der Waals surface area contributed by atoms with Crippen molar-refractivity contribution in [3.63, 3.8) is 0 Å². The maximum absolute atomic E-state index is 12.0. The van der Waals surface area contributed by atoms with Crippen molar-refractivity contribution in [2.45, 2.75) is 46.2 Å². The first-order chi connectivity index (χ1) is 20.1. The smallest absolute Gasteiger partial charge is 0.271 e. The Kier molecular flexibility index (Phi) is 7.95. The summed E-state index contributed by atoms with van der Waals surface area (Å²) in [5.74, 6) is 0.466. The van der Waals surface area contributed by atoms with Crippen LogP contribution in [0.5, 0.6) is 5.75 Å². The number of nitro benzene ring substituents is 1. The van der Waals surface area contributed by atoms with E-state index in [1.165, 1.54) is 12.1 Å². The number of aromatic nitrogens is 2. The molecule has 10 nitrogen and oxygen atoms in total. The van der Waals surface area contributed by atoms with Crippen molar-refractivity contribution in [3.8, 4) is 11.4 Å². The first kappa shape index (κ1) is 28.7. The van der Waals surface area contributed by atoms with Gasteiger partial charge in [-0.25, -0.2) is 0 Å². The Morgan fingerprint density at radius 2 is 1.93 bits per heavy atom. The number of rotatable bonds is 8. The van der Waals surface area contributed by atoms with Crippen molar-refractivity contribution in [2.24, 2.45) is 0 Å². The van der Waals surface area contributed by atoms with Crippen LogP contribution in [0, 0.1) is 30.9 Å². The summed E-state index contributed by atoms with van der Waals surface area (Å²) in [6.07, 6.45) is 2.15. The summed E-state index contributed by atoms with van der Waals surface area (Å²) in [5.41, 5.74) is 6.64. The molecular formula is C31H32N6O4S. The molecule has 0 bridgehead atoms. The number of hydrogen-bond donors (Lipinski definition) is 2. The summed E-state index contributed by atoms with van der Waals surface area (Å²) < 4.78 is 7.59. The van der Waals surface area contributed by atoms with Gasteiger partial charge in [0.15, 0.2) is 5.11 Å². The number of nitro groups is 1. The number of benzene rings is 2. The molecule has 0 radical (unpaired) electrons. The van der Waals surface area contributed by atoms with E-state index in [0.717, 1.165) is 39.6 Å². The maximum atomic E-state index is 12.0. The molecule has 216 valence electrons. The number of non-ortho nitro benzene ring substituents is 1. The average Bonchev–Trinajstić information content (AvgIpc) is 3.48. The number of anilines is 2. The molecule has 1 fully saturated rings. The minimum Gasteiger partial charge on any atom is -0.495 e. The van der Waals surface area contributed by atoms with E-state index < -0.39 is 4.92 Å². The van der Waals surface area contributed by atoms with E-state index in [9.17, 15) is 14.9 Å². The molecule has 5 rings (SSSR count). The second-order valence-electron chi connectivity index (χ2n) is 10.2. The highest BCUT2D eigenvalue weighted by Gasteiger charge is 2.42. The van der Waals surface area contributed by atoms with Crippen molar-refractivity contribution >= 4 is 40.3 Å². The third-order valence-electron chi connectivity index (χ3n) is 7.58. The van der Waals surface area contributed by atoms with Gasteiger partial charge in [0, 0.05) is 47.5 Å². The van der Waals surface area contributed by atoms with Gasteiger partial charge >= 0.3 is 0 Å². The highest BCUT2D eigenvalue weighted by Crippen LogP contribution is 2.45. The van der Waals surface area contributed by atoms with E-state index in [1.54, 1.807) is 19.4 Å². The zero-order valence-corrected chi connectivity index (χ0v) is 24.9. The molecule has 11 heteroatoms. The minimum atomic E-state index is -0.412. The lowest BCUT2D eigenvalue weighted by atomic mass is 9.96. The highest BCUT2D eigenvalue weighted by molar-refractivity contribution is 7.80. The number of carbonyl (C=O) groups is 1. The summed E-state index contributed by atoms with van der Waals surface area (Å²) in [7, 11) is 1.55. The third-order valence-corrected chi connectivity index (χ3v) is 7.90. The summed E-state index contributed by atoms with van der Waals surface area (Å²) >= 11 is 5.92. The molecule has 4 aromatic rings. The predicted octanol–water partition coefficient (Wildman–Crippen LogP) is 6.24. The number of aryl methyl sites for hydroxylation is 2. The van der Waals surface area contributed by atoms with Gasteiger partial charge < -0.3 is 24.8 Å². The van der Waals surface area contributed by atoms with Crippen LogP contribution < -0.4 is 20.3 Å². The molecule has 2 N–H and O–H groups in total. The minimum absolute atomic E-state index is 0.0257. The van der Waals surface area contributed by atoms with Gasteiger partial charge in [-0.1, -0.05) is 13.0 Å². The zero-order valence-electron chi connectivity index (χ0n) is 24.0. The second-order valence-corrected chi connectivity index (χ2v) is 10.6. The lowest BCUT2D eigenvalue weighted by molar-refractivity contribution is -0.384. The Hall–Kier alpha value is -4.77. The fourth-order valence-electron chi connectivity index (χ4n) is 5.55. The van der Waals surface area contributed by atoms with Crippen LogP contribution in [-0.2, 0) is 4.79 Å². The second kappa shape index (κ2) is 11.6. The van der Waals surface area contributed by atoms with Gasteiger partial charge in [-0.2, -0.15) is 0 Å². The number of amides is 1. The number of carbonyl (C=O) groups excluding carboxylic acids is 1. The number of nitrogens with zero attached hydrogens (tertiary/aromatic N) is 4. The van der Waals surface area contributed by atoms with Crippen molar-refractivity contribution in [2.75, 3.05) is 17.3 Å². The van der Waals surface area contributed by atoms with E-state index in [1.807, 2.05) is 68.7 Å². The molecule has 42 heavy (non-hydrogen) atoms. The first-order valence-electron chi connectivity index (χ1n) is 13.6. The van der Waals surface area contributed by atoms with Gasteiger partial charge in [0.1, 0.15) is 5.75 Å². The summed E-state index contributed by atoms with van der Waals surface area (Å²) in [5, 5.41) is 18.6. The number of thiocarbonyl (C=S) groups is 1. The highest BCUT2D eigenvalue weighted by atomic mass is 32.1. The molecule has 2 atom stereocenters. The van der Waals surface area contributed by atoms with Crippen LogP contribution in [0.3, 0.4) is 0 Å². The quantitative estimate of drug-likeness (QED) is 0.142. The average molecular weight is 585 g/mol. The van der Waals surface area contributed by atoms with Crippen molar-refractivity contribution in [3.05, 3.63) is 105 Å². The fraction of sp³-hybridized carbons (Fsp3) is 0.258. The van der Waals surface area contributed by atoms with Crippen LogP contribution in [0.1, 0.15) is 53.6 Å². The molecule has 1 amide bonds. The molecular weight excluding hydrogens is 552 g/mol. The molecule has 0 saturated carbocycles. The lowest BCUT2D eigenvalue weighted by Crippen LogP contribution is -2.29. The van der Waals surface area contributed by atoms with Gasteiger partial charge in [0.2, 0.25) is 5.91 Å². The molecule has 0 spiro atoms. The number of ether oxygens (including phenoxy) is 1. The molecule has 0 aliphatic carbocycles. The van der Waals surface area contributed by atoms with Gasteiger partial charge in [0.05, 0.1) is 35.5 Å². The Morgan fingerprint density at radius 3 is 2.57 bits per heavy atom. The zero-order chi connectivity index (χ0) is 30.1. The standard InChI is InChI=1S/C31H32N6O4S/c1-6-28(38)33-24-12-10-21(15-18(24)2)36-30(29(34-31(36)42)25-9-7-8-14-32-25)23-16-19(3)35(20(23)4)26-17-22(37(39)40)11-13-27(26)41-5/h7-17,29-30H,6H2,1-5H3,(H,33,38)(H,34,42)/t29-,30+/m0/s1. The Bertz CT molecular complexity index is 1690. The van der Waals surface area contributed by atoms with Crippen molar-refractivity contribution < 1.29 is 14.5 Å². The molecule has 2 aromatic heterocycles. The van der Waals surface area contributed by atoms with Crippen LogP contribution in [0.4, 0.5) is 17.1 Å². The molecule has 3 heterocycles. The van der Waals surface area contributed by atoms with E-state index in [4.69, 9.17) is 17.0 Å². The molecule has 0 unspecified atom stereocenters. The topological polar surface area (TPSA) is 115 Å². The summed E-state index contributed by atoms with van der Waals surface area (Å²) in [6, 6.07) is 17.7. The fourth-order valence-corrected chi connectivity index (χ4v) is 5.90. The molecule has 1 saturated heterocycles. The van der Waals surface area contributed by atoms with Gasteiger partial charge in [-0.3, -0.25) is 19.9 Å². The maximum Gasteiger partial charge on any atom is 0.271 e. The van der Waals surface area contributed by atoms with E-state index >= 15 is 0 Å². The number of methoxy groups -OCH3 is 1. The summed E-state index contributed by atoms with van der Waals surface area (Å²) in [6.45, 7) is 7.72. The predicted molar refractivity (Wildman–Crippen MR) is 166 cm³/mol. The third kappa shape index (κ3) is 5.18. The van der Waals surface area contributed by atoms with Crippen LogP contribution in [0.2, 0.25) is 0 Å². The normalized spacial score (nSPS) is 16.3. The largest absolute Gasteiger partial charge is 0.495 e. The van der Waals surface area contributed by atoms with Gasteiger partial charge in [-0.15, -0.1) is 0 Å². The van der Waals surface area contributed by atoms with Gasteiger partial charge in [0.25, 0.3) is 5.69 Å². The van der Waals surface area contributed by atoms with Crippen LogP contribution in [-0.4, -0.2) is 32.6 Å². The molecule has 1 aliphatic rings. The SMILES string of the molecule is CCC(=O)Nc1ccc(N2C(=S)N[C@@H](c3ccccn3)[C@H]2c2cc(C)n(-c3cc([N+](=O)[O-])ccc3OC)c2C)cc1C. The number of nitrogens with one attached hydrogen (secondary N) is 2. The van der Waals surface area contributed by atoms with Crippen LogP contribution in [0.15, 0.2) is 66.9 Å².